The highest BCUT2D eigenvalue weighted by atomic mass is 32.1. The number of thiazole rings is 1. The van der Waals surface area contributed by atoms with Crippen LogP contribution < -0.4 is 15.4 Å². The molecule has 2 N–H and O–H groups in total. The number of methoxy groups -OCH3 is 1. The van der Waals surface area contributed by atoms with Crippen molar-refractivity contribution in [3.63, 3.8) is 0 Å². The van der Waals surface area contributed by atoms with Crippen molar-refractivity contribution in [1.29, 1.82) is 0 Å². The number of aryl methyl sites for hydroxylation is 1. The van der Waals surface area contributed by atoms with E-state index in [2.05, 4.69) is 29.7 Å². The minimum Gasteiger partial charge on any atom is -0.495 e. The molecule has 7 nitrogen and oxygen atoms in total. The molecule has 0 aliphatic rings. The SMILES string of the molecule is CCN(CC(=O)Nc1ccc(-c2nc3ccc(C)cc3s2)cc1)CC(=O)Nc1ccccc1OC. The molecule has 0 radical (unpaired) electrons. The van der Waals surface area contributed by atoms with Crippen molar-refractivity contribution in [3.8, 4) is 16.3 Å². The van der Waals surface area contributed by atoms with Crippen LogP contribution in [-0.4, -0.2) is 48.4 Å². The number of para-hydroxylation sites is 2. The second-order valence-corrected chi connectivity index (χ2v) is 9.20. The Kier molecular flexibility index (Phi) is 7.74. The number of amides is 2. The van der Waals surface area contributed by atoms with Gasteiger partial charge in [0.25, 0.3) is 0 Å². The number of rotatable bonds is 9. The van der Waals surface area contributed by atoms with Crippen LogP contribution in [0.1, 0.15) is 12.5 Å². The standard InChI is InChI=1S/C27H28N4O3S/c1-4-31(17-26(33)29-21-7-5-6-8-23(21)34-3)16-25(32)28-20-12-10-19(11-13-20)27-30-22-14-9-18(2)15-24(22)35-27/h5-15H,4,16-17H2,1-3H3,(H,28,32)(H,29,33). The number of likely N-dealkylation sites (N-methyl/N-ethyl adjacent to an activating group) is 1. The molecule has 3 aromatic carbocycles. The van der Waals surface area contributed by atoms with Crippen molar-refractivity contribution < 1.29 is 14.3 Å². The quantitative estimate of drug-likeness (QED) is 0.339. The summed E-state index contributed by atoms with van der Waals surface area (Å²) in [7, 11) is 1.56. The first-order valence-electron chi connectivity index (χ1n) is 11.4. The van der Waals surface area contributed by atoms with Crippen molar-refractivity contribution in [1.82, 2.24) is 9.88 Å². The summed E-state index contributed by atoms with van der Waals surface area (Å²) in [5.41, 5.74) is 4.51. The number of aromatic nitrogens is 1. The minimum atomic E-state index is -0.209. The maximum Gasteiger partial charge on any atom is 0.238 e. The van der Waals surface area contributed by atoms with Gasteiger partial charge in [0.05, 0.1) is 36.1 Å². The lowest BCUT2D eigenvalue weighted by atomic mass is 10.2. The van der Waals surface area contributed by atoms with Crippen LogP contribution in [0.5, 0.6) is 5.75 Å². The van der Waals surface area contributed by atoms with Crippen molar-refractivity contribution in [2.75, 3.05) is 37.4 Å². The van der Waals surface area contributed by atoms with Crippen LogP contribution in [0.4, 0.5) is 11.4 Å². The summed E-state index contributed by atoms with van der Waals surface area (Å²) in [4.78, 5) is 31.6. The van der Waals surface area contributed by atoms with E-state index in [4.69, 9.17) is 9.72 Å². The second-order valence-electron chi connectivity index (χ2n) is 8.17. The van der Waals surface area contributed by atoms with Gasteiger partial charge in [0.1, 0.15) is 10.8 Å². The molecule has 35 heavy (non-hydrogen) atoms. The highest BCUT2D eigenvalue weighted by Gasteiger charge is 2.15. The first-order chi connectivity index (χ1) is 16.9. The summed E-state index contributed by atoms with van der Waals surface area (Å²) in [6.07, 6.45) is 0. The number of nitrogens with zero attached hydrogens (tertiary/aromatic N) is 2. The molecule has 0 aliphatic carbocycles. The lowest BCUT2D eigenvalue weighted by molar-refractivity contribution is -0.119. The Bertz CT molecular complexity index is 1330. The number of nitrogens with one attached hydrogen (secondary N) is 2. The van der Waals surface area contributed by atoms with E-state index in [1.54, 1.807) is 35.5 Å². The van der Waals surface area contributed by atoms with Crippen LogP contribution >= 0.6 is 11.3 Å². The van der Waals surface area contributed by atoms with Gasteiger partial charge in [0.15, 0.2) is 0 Å². The van der Waals surface area contributed by atoms with E-state index >= 15 is 0 Å². The van der Waals surface area contributed by atoms with Gasteiger partial charge in [-0.3, -0.25) is 14.5 Å². The Balaban J connectivity index is 1.33. The first kappa shape index (κ1) is 24.4. The molecule has 0 spiro atoms. The average molecular weight is 489 g/mol. The first-order valence-corrected chi connectivity index (χ1v) is 12.2. The smallest absolute Gasteiger partial charge is 0.238 e. The molecule has 1 heterocycles. The third-order valence-corrected chi connectivity index (χ3v) is 6.59. The van der Waals surface area contributed by atoms with E-state index < -0.39 is 0 Å². The van der Waals surface area contributed by atoms with Gasteiger partial charge in [0, 0.05) is 11.3 Å². The third-order valence-electron chi connectivity index (χ3n) is 5.52. The van der Waals surface area contributed by atoms with Crippen LogP contribution in [0.25, 0.3) is 20.8 Å². The summed E-state index contributed by atoms with van der Waals surface area (Å²) in [6.45, 7) is 4.75. The number of hydrogen-bond donors (Lipinski definition) is 2. The van der Waals surface area contributed by atoms with Crippen molar-refractivity contribution >= 4 is 44.7 Å². The van der Waals surface area contributed by atoms with Crippen LogP contribution in [0, 0.1) is 6.92 Å². The molecule has 2 amide bonds. The predicted molar refractivity (Wildman–Crippen MR) is 142 cm³/mol. The van der Waals surface area contributed by atoms with Gasteiger partial charge in [0.2, 0.25) is 11.8 Å². The Morgan fingerprint density at radius 1 is 0.971 bits per heavy atom. The summed E-state index contributed by atoms with van der Waals surface area (Å²) >= 11 is 1.65. The van der Waals surface area contributed by atoms with Gasteiger partial charge in [-0.15, -0.1) is 11.3 Å². The number of carbonyl (C=O) groups is 2. The molecule has 180 valence electrons. The van der Waals surface area contributed by atoms with E-state index in [-0.39, 0.29) is 24.9 Å². The maximum atomic E-state index is 12.6. The van der Waals surface area contributed by atoms with Crippen molar-refractivity contribution in [3.05, 3.63) is 72.3 Å². The highest BCUT2D eigenvalue weighted by Crippen LogP contribution is 2.31. The highest BCUT2D eigenvalue weighted by molar-refractivity contribution is 7.21. The molecule has 4 rings (SSSR count). The van der Waals surface area contributed by atoms with Crippen LogP contribution in [0.15, 0.2) is 66.7 Å². The Morgan fingerprint density at radius 3 is 2.40 bits per heavy atom. The molecule has 0 fully saturated rings. The molecule has 0 aliphatic heterocycles. The van der Waals surface area contributed by atoms with Gasteiger partial charge in [-0.1, -0.05) is 25.1 Å². The molecule has 0 atom stereocenters. The van der Waals surface area contributed by atoms with E-state index in [0.29, 0.717) is 23.7 Å². The van der Waals surface area contributed by atoms with Crippen LogP contribution in [0.2, 0.25) is 0 Å². The lowest BCUT2D eigenvalue weighted by Crippen LogP contribution is -2.38. The van der Waals surface area contributed by atoms with Crippen LogP contribution in [0.3, 0.4) is 0 Å². The second kappa shape index (κ2) is 11.1. The zero-order chi connectivity index (χ0) is 24.8. The van der Waals surface area contributed by atoms with Gasteiger partial charge in [-0.2, -0.15) is 0 Å². The van der Waals surface area contributed by atoms with Crippen molar-refractivity contribution in [2.24, 2.45) is 0 Å². The summed E-state index contributed by atoms with van der Waals surface area (Å²) < 4.78 is 6.43. The van der Waals surface area contributed by atoms with Gasteiger partial charge in [-0.05, 0) is 67.6 Å². The molecule has 4 aromatic rings. The maximum absolute atomic E-state index is 12.6. The zero-order valence-electron chi connectivity index (χ0n) is 20.0. The molecule has 1 aromatic heterocycles. The minimum absolute atomic E-state index is 0.0952. The number of fused-ring (bicyclic) bond motifs is 1. The van der Waals surface area contributed by atoms with E-state index in [0.717, 1.165) is 20.8 Å². The van der Waals surface area contributed by atoms with E-state index in [1.807, 2.05) is 49.4 Å². The largest absolute Gasteiger partial charge is 0.495 e. The Morgan fingerprint density at radius 2 is 1.69 bits per heavy atom. The molecule has 0 unspecified atom stereocenters. The normalized spacial score (nSPS) is 11.0. The van der Waals surface area contributed by atoms with Gasteiger partial charge in [-0.25, -0.2) is 4.98 Å². The lowest BCUT2D eigenvalue weighted by Gasteiger charge is -2.20. The van der Waals surface area contributed by atoms with Crippen molar-refractivity contribution in [2.45, 2.75) is 13.8 Å². The molecule has 0 saturated heterocycles. The number of carbonyl (C=O) groups excluding carboxylic acids is 2. The molecule has 0 saturated carbocycles. The topological polar surface area (TPSA) is 83.6 Å². The summed E-state index contributed by atoms with van der Waals surface area (Å²) in [5, 5.41) is 6.70. The molecular weight excluding hydrogens is 460 g/mol. The fourth-order valence-corrected chi connectivity index (χ4v) is 4.74. The third kappa shape index (κ3) is 6.23. The Labute approximate surface area is 208 Å². The number of anilines is 2. The molecule has 8 heteroatoms. The predicted octanol–water partition coefficient (Wildman–Crippen LogP) is 5.18. The number of ether oxygens (including phenoxy) is 1. The monoisotopic (exact) mass is 488 g/mol. The van der Waals surface area contributed by atoms with E-state index in [9.17, 15) is 9.59 Å². The summed E-state index contributed by atoms with van der Waals surface area (Å²) in [5.74, 6) is 0.200. The number of benzene rings is 3. The summed E-state index contributed by atoms with van der Waals surface area (Å²) in [6, 6.07) is 21.1. The number of hydrogen-bond acceptors (Lipinski definition) is 6. The Hall–Kier alpha value is -3.75. The van der Waals surface area contributed by atoms with E-state index in [1.165, 1.54) is 5.56 Å². The fraction of sp³-hybridized carbons (Fsp3) is 0.222. The fourth-order valence-electron chi connectivity index (χ4n) is 3.68. The molecule has 0 bridgehead atoms. The van der Waals surface area contributed by atoms with Crippen LogP contribution in [-0.2, 0) is 9.59 Å². The molecular formula is C27H28N4O3S. The van der Waals surface area contributed by atoms with Gasteiger partial charge < -0.3 is 15.4 Å². The average Bonchev–Trinajstić information content (AvgIpc) is 3.27. The van der Waals surface area contributed by atoms with Gasteiger partial charge >= 0.3 is 0 Å². The zero-order valence-corrected chi connectivity index (χ0v) is 20.8.